The number of benzene rings is 1. The van der Waals surface area contributed by atoms with E-state index in [2.05, 4.69) is 48.9 Å². The first-order chi connectivity index (χ1) is 13.3. The van der Waals surface area contributed by atoms with E-state index in [-0.39, 0.29) is 0 Å². The molecule has 142 valence electrons. The molecule has 2 aromatic heterocycles. The van der Waals surface area contributed by atoms with Gasteiger partial charge in [0.05, 0.1) is 12.3 Å². The highest BCUT2D eigenvalue weighted by molar-refractivity contribution is 7.98. The van der Waals surface area contributed by atoms with Crippen molar-refractivity contribution in [2.24, 2.45) is 0 Å². The highest BCUT2D eigenvalue weighted by Gasteiger charge is 2.20. The lowest BCUT2D eigenvalue weighted by atomic mass is 10.3. The summed E-state index contributed by atoms with van der Waals surface area (Å²) in [6.45, 7) is 5.19. The largest absolute Gasteiger partial charge is 0.338 e. The van der Waals surface area contributed by atoms with E-state index in [0.29, 0.717) is 11.6 Å². The van der Waals surface area contributed by atoms with Crippen molar-refractivity contribution in [3.63, 3.8) is 0 Å². The molecule has 27 heavy (non-hydrogen) atoms. The second kappa shape index (κ2) is 8.67. The standard InChI is InChI=1S/C19H24N6OS/c1-2-8-16-20-18(26-23-16)14-27-19-22-21-17(13-24-11-6-7-12-24)25(19)15-9-4-3-5-10-15/h3-5,9-10H,2,6-8,11-14H2,1H3. The molecule has 7 nitrogen and oxygen atoms in total. The van der Waals surface area contributed by atoms with Gasteiger partial charge in [-0.05, 0) is 44.5 Å². The van der Waals surface area contributed by atoms with Gasteiger partial charge >= 0.3 is 0 Å². The third-order valence-electron chi connectivity index (χ3n) is 4.59. The fourth-order valence-electron chi connectivity index (χ4n) is 3.27. The molecule has 4 rings (SSSR count). The maximum atomic E-state index is 5.35. The lowest BCUT2D eigenvalue weighted by molar-refractivity contribution is 0.319. The minimum atomic E-state index is 0.589. The zero-order chi connectivity index (χ0) is 18.5. The van der Waals surface area contributed by atoms with E-state index in [1.54, 1.807) is 11.8 Å². The second-order valence-corrected chi connectivity index (χ2v) is 7.64. The van der Waals surface area contributed by atoms with Crippen LogP contribution in [0.4, 0.5) is 0 Å². The summed E-state index contributed by atoms with van der Waals surface area (Å²) in [6, 6.07) is 10.3. The molecule has 0 atom stereocenters. The summed E-state index contributed by atoms with van der Waals surface area (Å²) in [7, 11) is 0. The van der Waals surface area contributed by atoms with Crippen LogP contribution in [0.2, 0.25) is 0 Å². The number of hydrogen-bond donors (Lipinski definition) is 0. The third-order valence-corrected chi connectivity index (χ3v) is 5.50. The van der Waals surface area contributed by atoms with Crippen molar-refractivity contribution >= 4 is 11.8 Å². The van der Waals surface area contributed by atoms with Crippen LogP contribution in [0.3, 0.4) is 0 Å². The zero-order valence-electron chi connectivity index (χ0n) is 15.5. The monoisotopic (exact) mass is 384 g/mol. The Morgan fingerprint density at radius 1 is 1.11 bits per heavy atom. The lowest BCUT2D eigenvalue weighted by Crippen LogP contribution is -2.21. The van der Waals surface area contributed by atoms with Crippen LogP contribution < -0.4 is 0 Å². The number of nitrogens with zero attached hydrogens (tertiary/aromatic N) is 6. The molecule has 1 fully saturated rings. The van der Waals surface area contributed by atoms with Gasteiger partial charge in [0.25, 0.3) is 0 Å². The van der Waals surface area contributed by atoms with Crippen LogP contribution in [0.1, 0.15) is 43.7 Å². The Bertz CT molecular complexity index is 856. The summed E-state index contributed by atoms with van der Waals surface area (Å²) in [4.78, 5) is 6.88. The van der Waals surface area contributed by atoms with Crippen LogP contribution in [0.25, 0.3) is 5.69 Å². The molecule has 1 aromatic carbocycles. The molecule has 8 heteroatoms. The first-order valence-electron chi connectivity index (χ1n) is 9.50. The average molecular weight is 385 g/mol. The molecule has 0 amide bonds. The average Bonchev–Trinajstić information content (AvgIpc) is 3.43. The predicted octanol–water partition coefficient (Wildman–Crippen LogP) is 3.49. The maximum Gasteiger partial charge on any atom is 0.237 e. The molecule has 1 aliphatic rings. The highest BCUT2D eigenvalue weighted by atomic mass is 32.2. The number of aryl methyl sites for hydroxylation is 1. The lowest BCUT2D eigenvalue weighted by Gasteiger charge is -2.15. The van der Waals surface area contributed by atoms with Crippen molar-refractivity contribution in [1.29, 1.82) is 0 Å². The highest BCUT2D eigenvalue weighted by Crippen LogP contribution is 2.26. The number of likely N-dealkylation sites (tertiary alicyclic amines) is 1. The molecule has 0 saturated carbocycles. The van der Waals surface area contributed by atoms with Crippen molar-refractivity contribution in [2.45, 2.75) is 50.1 Å². The molecule has 3 heterocycles. The second-order valence-electron chi connectivity index (χ2n) is 6.70. The molecule has 0 N–H and O–H groups in total. The fourth-order valence-corrected chi connectivity index (χ4v) is 4.08. The van der Waals surface area contributed by atoms with Gasteiger partial charge in [0.2, 0.25) is 5.89 Å². The Morgan fingerprint density at radius 2 is 1.93 bits per heavy atom. The number of aromatic nitrogens is 5. The van der Waals surface area contributed by atoms with Crippen LogP contribution in [0.15, 0.2) is 40.0 Å². The van der Waals surface area contributed by atoms with Gasteiger partial charge in [0, 0.05) is 12.1 Å². The number of para-hydroxylation sites is 1. The van der Waals surface area contributed by atoms with Crippen molar-refractivity contribution in [3.05, 3.63) is 47.9 Å². The third kappa shape index (κ3) is 4.39. The Morgan fingerprint density at radius 3 is 2.70 bits per heavy atom. The van der Waals surface area contributed by atoms with Gasteiger partial charge in [-0.1, -0.05) is 42.0 Å². The molecule has 1 saturated heterocycles. The number of hydrogen-bond acceptors (Lipinski definition) is 7. The summed E-state index contributed by atoms with van der Waals surface area (Å²) in [5.74, 6) is 2.97. The molecule has 1 aliphatic heterocycles. The van der Waals surface area contributed by atoms with Crippen LogP contribution in [0.5, 0.6) is 0 Å². The predicted molar refractivity (Wildman–Crippen MR) is 104 cm³/mol. The van der Waals surface area contributed by atoms with Crippen LogP contribution >= 0.6 is 11.8 Å². The van der Waals surface area contributed by atoms with Gasteiger partial charge in [0.15, 0.2) is 16.8 Å². The minimum absolute atomic E-state index is 0.589. The summed E-state index contributed by atoms with van der Waals surface area (Å²) in [5, 5.41) is 13.8. The number of thioether (sulfide) groups is 1. The fraction of sp³-hybridized carbons (Fsp3) is 0.474. The Labute approximate surface area is 163 Å². The van der Waals surface area contributed by atoms with Crippen LogP contribution in [-0.4, -0.2) is 42.9 Å². The Kier molecular flexibility index (Phi) is 5.84. The molecule has 0 aliphatic carbocycles. The van der Waals surface area contributed by atoms with E-state index >= 15 is 0 Å². The van der Waals surface area contributed by atoms with Gasteiger partial charge in [-0.2, -0.15) is 4.98 Å². The Hall–Kier alpha value is -2.19. The van der Waals surface area contributed by atoms with E-state index < -0.39 is 0 Å². The van der Waals surface area contributed by atoms with E-state index in [0.717, 1.165) is 55.0 Å². The molecular formula is C19H24N6OS. The van der Waals surface area contributed by atoms with Gasteiger partial charge in [0.1, 0.15) is 0 Å². The van der Waals surface area contributed by atoms with E-state index in [1.165, 1.54) is 12.8 Å². The van der Waals surface area contributed by atoms with E-state index in [1.807, 2.05) is 18.2 Å². The first kappa shape index (κ1) is 18.2. The van der Waals surface area contributed by atoms with Crippen LogP contribution in [-0.2, 0) is 18.7 Å². The summed E-state index contributed by atoms with van der Waals surface area (Å²) in [6.07, 6.45) is 4.37. The SMILES string of the molecule is CCCc1noc(CSc2nnc(CN3CCCC3)n2-c2ccccc2)n1. The summed E-state index contributed by atoms with van der Waals surface area (Å²) in [5.41, 5.74) is 1.08. The Balaban J connectivity index is 1.54. The van der Waals surface area contributed by atoms with E-state index in [9.17, 15) is 0 Å². The molecule has 0 unspecified atom stereocenters. The molecule has 3 aromatic rings. The summed E-state index contributed by atoms with van der Waals surface area (Å²) < 4.78 is 7.50. The number of rotatable bonds is 8. The maximum absolute atomic E-state index is 5.35. The minimum Gasteiger partial charge on any atom is -0.338 e. The van der Waals surface area contributed by atoms with Crippen molar-refractivity contribution < 1.29 is 4.52 Å². The molecule has 0 bridgehead atoms. The zero-order valence-corrected chi connectivity index (χ0v) is 16.4. The van der Waals surface area contributed by atoms with Crippen molar-refractivity contribution in [1.82, 2.24) is 29.8 Å². The van der Waals surface area contributed by atoms with Gasteiger partial charge in [-0.15, -0.1) is 10.2 Å². The van der Waals surface area contributed by atoms with Crippen molar-refractivity contribution in [3.8, 4) is 5.69 Å². The molecular weight excluding hydrogens is 360 g/mol. The topological polar surface area (TPSA) is 72.9 Å². The van der Waals surface area contributed by atoms with Gasteiger partial charge < -0.3 is 4.52 Å². The molecule has 0 radical (unpaired) electrons. The van der Waals surface area contributed by atoms with Crippen molar-refractivity contribution in [2.75, 3.05) is 13.1 Å². The summed E-state index contributed by atoms with van der Waals surface area (Å²) >= 11 is 1.58. The normalized spacial score (nSPS) is 14.9. The van der Waals surface area contributed by atoms with Gasteiger partial charge in [-0.3, -0.25) is 9.47 Å². The smallest absolute Gasteiger partial charge is 0.237 e. The van der Waals surface area contributed by atoms with Crippen LogP contribution in [0, 0.1) is 0 Å². The van der Waals surface area contributed by atoms with E-state index in [4.69, 9.17) is 4.52 Å². The quantitative estimate of drug-likeness (QED) is 0.550. The molecule has 0 spiro atoms. The van der Waals surface area contributed by atoms with Gasteiger partial charge in [-0.25, -0.2) is 0 Å². The first-order valence-corrected chi connectivity index (χ1v) is 10.5.